The summed E-state index contributed by atoms with van der Waals surface area (Å²) in [5, 5.41) is 3.81. The molecule has 0 fully saturated rings. The molecule has 0 radical (unpaired) electrons. The van der Waals surface area contributed by atoms with Gasteiger partial charge >= 0.3 is 0 Å². The predicted molar refractivity (Wildman–Crippen MR) is 133 cm³/mol. The minimum Gasteiger partial charge on any atom is -0.455 e. The molecule has 0 N–H and O–H groups in total. The van der Waals surface area contributed by atoms with Gasteiger partial charge in [0.2, 0.25) is 0 Å². The summed E-state index contributed by atoms with van der Waals surface area (Å²) in [6.45, 7) is 16.2. The van der Waals surface area contributed by atoms with Gasteiger partial charge in [0.1, 0.15) is 11.2 Å². The molecule has 0 saturated heterocycles. The number of hydrogen-bond donors (Lipinski definition) is 0. The van der Waals surface area contributed by atoms with E-state index in [0.717, 1.165) is 28.8 Å². The quantitative estimate of drug-likeness (QED) is 0.315. The highest BCUT2D eigenvalue weighted by atomic mass is 28.3. The molecule has 3 heteroatoms. The molecule has 0 bridgehead atoms. The maximum Gasteiger partial charge on any atom is 0.144 e. The fraction of sp³-hybridized carbons (Fsp3) is 0.370. The Kier molecular flexibility index (Phi) is 5.35. The van der Waals surface area contributed by atoms with Crippen LogP contribution in [0.15, 0.2) is 53.1 Å². The zero-order valence-electron chi connectivity index (χ0n) is 19.3. The number of para-hydroxylation sites is 1. The summed E-state index contributed by atoms with van der Waals surface area (Å²) < 4.78 is 6.42. The molecule has 2 aromatic carbocycles. The first kappa shape index (κ1) is 20.9. The number of rotatable bonds is 5. The van der Waals surface area contributed by atoms with Gasteiger partial charge in [-0.3, -0.25) is 4.98 Å². The lowest BCUT2D eigenvalue weighted by atomic mass is 9.99. The number of nitrogens with zero attached hydrogens (tertiary/aromatic N) is 1. The Morgan fingerprint density at radius 1 is 0.933 bits per heavy atom. The van der Waals surface area contributed by atoms with Gasteiger partial charge < -0.3 is 4.42 Å². The molecule has 4 aromatic rings. The molecule has 30 heavy (non-hydrogen) atoms. The zero-order valence-corrected chi connectivity index (χ0v) is 20.3. The van der Waals surface area contributed by atoms with Gasteiger partial charge in [0.25, 0.3) is 0 Å². The molecular formula is C27H33NOSi. The first-order valence-corrected chi connectivity index (χ1v) is 14.6. The Bertz CT molecular complexity index is 1210. The monoisotopic (exact) mass is 415 g/mol. The Morgan fingerprint density at radius 2 is 1.70 bits per heavy atom. The Morgan fingerprint density at radius 3 is 2.37 bits per heavy atom. The van der Waals surface area contributed by atoms with Crippen molar-refractivity contribution in [3.05, 3.63) is 59.8 Å². The molecule has 0 aliphatic rings. The molecule has 0 aliphatic carbocycles. The summed E-state index contributed by atoms with van der Waals surface area (Å²) in [6.07, 6.45) is 3.22. The minimum absolute atomic E-state index is 0.483. The molecule has 0 unspecified atom stereocenters. The lowest BCUT2D eigenvalue weighted by Gasteiger charge is -2.22. The maximum atomic E-state index is 6.42. The van der Waals surface area contributed by atoms with Crippen LogP contribution in [-0.2, 0) is 6.42 Å². The lowest BCUT2D eigenvalue weighted by Crippen LogP contribution is -2.40. The van der Waals surface area contributed by atoms with Crippen LogP contribution in [0, 0.1) is 5.92 Å². The van der Waals surface area contributed by atoms with E-state index >= 15 is 0 Å². The topological polar surface area (TPSA) is 26.0 Å². The van der Waals surface area contributed by atoms with Gasteiger partial charge in [-0.15, -0.1) is 0 Å². The summed E-state index contributed by atoms with van der Waals surface area (Å²) >= 11 is 0. The largest absolute Gasteiger partial charge is 0.455 e. The van der Waals surface area contributed by atoms with Gasteiger partial charge in [0.15, 0.2) is 0 Å². The van der Waals surface area contributed by atoms with Crippen LogP contribution in [0.25, 0.3) is 33.2 Å². The van der Waals surface area contributed by atoms with E-state index in [9.17, 15) is 0 Å². The number of fused-ring (bicyclic) bond motifs is 3. The van der Waals surface area contributed by atoms with E-state index in [1.165, 1.54) is 27.1 Å². The Hall–Kier alpha value is -2.39. The van der Waals surface area contributed by atoms with Crippen LogP contribution in [0.1, 0.15) is 44.7 Å². The van der Waals surface area contributed by atoms with Crippen LogP contribution in [0.2, 0.25) is 19.6 Å². The minimum atomic E-state index is -1.45. The number of furan rings is 1. The van der Waals surface area contributed by atoms with Crippen LogP contribution < -0.4 is 5.19 Å². The normalized spacial score (nSPS) is 12.6. The molecule has 156 valence electrons. The molecule has 0 amide bonds. The van der Waals surface area contributed by atoms with Gasteiger partial charge in [-0.25, -0.2) is 0 Å². The fourth-order valence-corrected chi connectivity index (χ4v) is 5.89. The van der Waals surface area contributed by atoms with E-state index in [1.807, 2.05) is 0 Å². The van der Waals surface area contributed by atoms with Gasteiger partial charge in [0, 0.05) is 22.5 Å². The van der Waals surface area contributed by atoms with Gasteiger partial charge in [-0.05, 0) is 52.8 Å². The summed E-state index contributed by atoms with van der Waals surface area (Å²) in [6, 6.07) is 15.3. The number of hydrogen-bond acceptors (Lipinski definition) is 2. The van der Waals surface area contributed by atoms with Crippen LogP contribution >= 0.6 is 0 Å². The first-order chi connectivity index (χ1) is 14.1. The highest BCUT2D eigenvalue weighted by Gasteiger charge is 2.22. The van der Waals surface area contributed by atoms with Crippen molar-refractivity contribution in [2.24, 2.45) is 5.92 Å². The Labute approximate surface area is 181 Å². The molecular weight excluding hydrogens is 382 g/mol. The highest BCUT2D eigenvalue weighted by Crippen LogP contribution is 2.36. The Balaban J connectivity index is 1.91. The number of aromatic nitrogens is 1. The van der Waals surface area contributed by atoms with Crippen molar-refractivity contribution in [2.45, 2.75) is 59.7 Å². The summed E-state index contributed by atoms with van der Waals surface area (Å²) in [4.78, 5) is 4.92. The van der Waals surface area contributed by atoms with Gasteiger partial charge in [-0.2, -0.15) is 0 Å². The molecule has 0 aliphatic heterocycles. The van der Waals surface area contributed by atoms with E-state index < -0.39 is 8.07 Å². The van der Waals surface area contributed by atoms with Crippen molar-refractivity contribution in [1.82, 2.24) is 4.98 Å². The molecule has 0 spiro atoms. The molecule has 2 aromatic heterocycles. The van der Waals surface area contributed by atoms with E-state index in [4.69, 9.17) is 9.40 Å². The van der Waals surface area contributed by atoms with Crippen LogP contribution in [0.3, 0.4) is 0 Å². The van der Waals surface area contributed by atoms with Crippen LogP contribution in [0.5, 0.6) is 0 Å². The van der Waals surface area contributed by atoms with E-state index in [0.29, 0.717) is 11.8 Å². The molecule has 0 atom stereocenters. The van der Waals surface area contributed by atoms with Crippen molar-refractivity contribution in [3.63, 3.8) is 0 Å². The highest BCUT2D eigenvalue weighted by molar-refractivity contribution is 6.89. The SMILES string of the molecule is CC(C)Cc1cc(-c2cccc3c2oc2cc(C(C)C)ccc23)ncc1[Si](C)(C)C. The van der Waals surface area contributed by atoms with Crippen molar-refractivity contribution >= 4 is 35.2 Å². The number of pyridine rings is 1. The lowest BCUT2D eigenvalue weighted by molar-refractivity contribution is 0.648. The summed E-state index contributed by atoms with van der Waals surface area (Å²) in [5.41, 5.74) is 6.76. The summed E-state index contributed by atoms with van der Waals surface area (Å²) in [7, 11) is -1.45. The standard InChI is InChI=1S/C27H33NOSi/c1-17(2)13-20-14-24(28-16-26(20)30(5,6)7)23-10-8-9-22-21-12-11-19(18(3)4)15-25(21)29-27(22)23/h8-12,14-18H,13H2,1-7H3. The van der Waals surface area contributed by atoms with Crippen LogP contribution in [-0.4, -0.2) is 13.1 Å². The second-order valence-corrected chi connectivity index (χ2v) is 15.3. The zero-order chi connectivity index (χ0) is 21.6. The first-order valence-electron chi connectivity index (χ1n) is 11.1. The molecule has 2 nitrogen and oxygen atoms in total. The van der Waals surface area contributed by atoms with E-state index in [-0.39, 0.29) is 0 Å². The van der Waals surface area contributed by atoms with Crippen molar-refractivity contribution in [1.29, 1.82) is 0 Å². The second kappa shape index (κ2) is 7.70. The van der Waals surface area contributed by atoms with Gasteiger partial charge in [0.05, 0.1) is 13.8 Å². The van der Waals surface area contributed by atoms with E-state index in [1.54, 1.807) is 0 Å². The molecule has 4 rings (SSSR count). The fourth-order valence-electron chi connectivity index (χ4n) is 4.30. The van der Waals surface area contributed by atoms with Crippen molar-refractivity contribution < 1.29 is 4.42 Å². The summed E-state index contributed by atoms with van der Waals surface area (Å²) in [5.74, 6) is 1.10. The molecule has 0 saturated carbocycles. The van der Waals surface area contributed by atoms with Gasteiger partial charge in [-0.1, -0.05) is 71.6 Å². The predicted octanol–water partition coefficient (Wildman–Crippen LogP) is 7.52. The smallest absolute Gasteiger partial charge is 0.144 e. The molecule has 2 heterocycles. The third-order valence-corrected chi connectivity index (χ3v) is 7.96. The van der Waals surface area contributed by atoms with Crippen LogP contribution in [0.4, 0.5) is 0 Å². The number of benzene rings is 2. The van der Waals surface area contributed by atoms with E-state index in [2.05, 4.69) is 96.0 Å². The van der Waals surface area contributed by atoms with Crippen molar-refractivity contribution in [3.8, 4) is 11.3 Å². The second-order valence-electron chi connectivity index (χ2n) is 10.3. The van der Waals surface area contributed by atoms with Crippen molar-refractivity contribution in [2.75, 3.05) is 0 Å². The third kappa shape index (κ3) is 3.83. The average molecular weight is 416 g/mol. The maximum absolute atomic E-state index is 6.42. The third-order valence-electron chi connectivity index (χ3n) is 5.89. The average Bonchev–Trinajstić information content (AvgIpc) is 3.04.